The zero-order valence-corrected chi connectivity index (χ0v) is 37.0. The largest absolute Gasteiger partial charge is 0.462 e. The summed E-state index contributed by atoms with van der Waals surface area (Å²) in [5.41, 5.74) is 0. The van der Waals surface area contributed by atoms with Crippen molar-refractivity contribution in [2.75, 3.05) is 13.2 Å². The zero-order chi connectivity index (χ0) is 39.9. The summed E-state index contributed by atoms with van der Waals surface area (Å²) in [5, 5.41) is 0. The third kappa shape index (κ3) is 40.1. The number of hydrogen-bond donors (Lipinski definition) is 0. The first-order valence-corrected chi connectivity index (χ1v) is 23.6. The second kappa shape index (κ2) is 39.6. The Morgan fingerprint density at radius 2 is 0.648 bits per heavy atom. The standard InChI is InChI=1S/C48H92O6/c1-7-44(6)36-30-24-17-14-15-19-26-32-38-47(50)53-41-45(54-48(51)39-33-27-21-20-23-29-35-43(4)5)40-52-46(49)37-31-25-18-13-11-9-8-10-12-16-22-28-34-42(2)3/h42-45H,7-41H2,1-6H3/t44?,45-/m1/s1. The van der Waals surface area contributed by atoms with Gasteiger partial charge >= 0.3 is 17.9 Å². The van der Waals surface area contributed by atoms with Crippen molar-refractivity contribution < 1.29 is 28.6 Å². The highest BCUT2D eigenvalue weighted by Crippen LogP contribution is 2.17. The Hall–Kier alpha value is -1.59. The van der Waals surface area contributed by atoms with Crippen LogP contribution in [0, 0.1) is 17.8 Å². The Bertz CT molecular complexity index is 839. The smallest absolute Gasteiger partial charge is 0.306 e. The van der Waals surface area contributed by atoms with E-state index < -0.39 is 6.10 Å². The Balaban J connectivity index is 4.30. The van der Waals surface area contributed by atoms with Gasteiger partial charge in [-0.1, -0.05) is 215 Å². The molecule has 0 amide bonds. The number of hydrogen-bond acceptors (Lipinski definition) is 6. The predicted molar refractivity (Wildman–Crippen MR) is 229 cm³/mol. The van der Waals surface area contributed by atoms with E-state index >= 15 is 0 Å². The molecule has 0 aromatic carbocycles. The van der Waals surface area contributed by atoms with Crippen LogP contribution in [0.2, 0.25) is 0 Å². The molecule has 54 heavy (non-hydrogen) atoms. The van der Waals surface area contributed by atoms with Crippen LogP contribution >= 0.6 is 0 Å². The molecule has 0 aromatic rings. The fourth-order valence-electron chi connectivity index (χ4n) is 7.02. The monoisotopic (exact) mass is 765 g/mol. The second-order valence-electron chi connectivity index (χ2n) is 17.6. The molecule has 0 heterocycles. The molecule has 0 aliphatic carbocycles. The van der Waals surface area contributed by atoms with E-state index in [1.807, 2.05) is 0 Å². The molecule has 0 saturated heterocycles. The van der Waals surface area contributed by atoms with Crippen LogP contribution < -0.4 is 0 Å². The molecule has 0 aliphatic heterocycles. The highest BCUT2D eigenvalue weighted by atomic mass is 16.6. The predicted octanol–water partition coefficient (Wildman–Crippen LogP) is 14.8. The van der Waals surface area contributed by atoms with E-state index in [4.69, 9.17) is 14.2 Å². The molecule has 0 radical (unpaired) electrons. The third-order valence-corrected chi connectivity index (χ3v) is 11.0. The van der Waals surface area contributed by atoms with Crippen LogP contribution in [0.25, 0.3) is 0 Å². The van der Waals surface area contributed by atoms with Gasteiger partial charge in [0.05, 0.1) is 0 Å². The first kappa shape index (κ1) is 52.4. The van der Waals surface area contributed by atoms with E-state index in [2.05, 4.69) is 41.5 Å². The van der Waals surface area contributed by atoms with E-state index in [1.54, 1.807) is 0 Å². The summed E-state index contributed by atoms with van der Waals surface area (Å²) in [7, 11) is 0. The second-order valence-corrected chi connectivity index (χ2v) is 17.6. The van der Waals surface area contributed by atoms with E-state index in [9.17, 15) is 14.4 Å². The lowest BCUT2D eigenvalue weighted by molar-refractivity contribution is -0.167. The summed E-state index contributed by atoms with van der Waals surface area (Å²) in [6.07, 6.45) is 36.7. The van der Waals surface area contributed by atoms with Crippen molar-refractivity contribution in [2.24, 2.45) is 17.8 Å². The van der Waals surface area contributed by atoms with Crippen molar-refractivity contribution in [1.29, 1.82) is 0 Å². The van der Waals surface area contributed by atoms with Gasteiger partial charge in [-0.3, -0.25) is 14.4 Å². The van der Waals surface area contributed by atoms with Crippen molar-refractivity contribution >= 4 is 17.9 Å². The van der Waals surface area contributed by atoms with Gasteiger partial charge in [0.2, 0.25) is 0 Å². The van der Waals surface area contributed by atoms with Gasteiger partial charge in [-0.2, -0.15) is 0 Å². The van der Waals surface area contributed by atoms with Crippen molar-refractivity contribution in [2.45, 2.75) is 260 Å². The van der Waals surface area contributed by atoms with Gasteiger partial charge in [-0.15, -0.1) is 0 Å². The molecule has 1 unspecified atom stereocenters. The summed E-state index contributed by atoms with van der Waals surface area (Å²) in [5.74, 6) is 1.58. The molecule has 0 N–H and O–H groups in total. The van der Waals surface area contributed by atoms with Crippen LogP contribution in [0.15, 0.2) is 0 Å². The molecule has 0 rings (SSSR count). The van der Waals surface area contributed by atoms with Crippen LogP contribution in [0.5, 0.6) is 0 Å². The van der Waals surface area contributed by atoms with Crippen LogP contribution in [-0.2, 0) is 28.6 Å². The number of carbonyl (C=O) groups excluding carboxylic acids is 3. The molecular formula is C48H92O6. The fraction of sp³-hybridized carbons (Fsp3) is 0.938. The minimum atomic E-state index is -0.762. The Morgan fingerprint density at radius 1 is 0.370 bits per heavy atom. The Morgan fingerprint density at radius 3 is 0.963 bits per heavy atom. The molecule has 0 saturated carbocycles. The van der Waals surface area contributed by atoms with E-state index in [1.165, 1.54) is 135 Å². The molecule has 6 nitrogen and oxygen atoms in total. The maximum atomic E-state index is 12.7. The average molecular weight is 765 g/mol. The Labute approximate surface area is 336 Å². The summed E-state index contributed by atoms with van der Waals surface area (Å²) >= 11 is 0. The van der Waals surface area contributed by atoms with E-state index in [0.717, 1.165) is 75.5 Å². The molecule has 0 aliphatic rings. The van der Waals surface area contributed by atoms with Crippen molar-refractivity contribution in [3.05, 3.63) is 0 Å². The highest BCUT2D eigenvalue weighted by molar-refractivity contribution is 5.71. The lowest BCUT2D eigenvalue weighted by Crippen LogP contribution is -2.30. The van der Waals surface area contributed by atoms with Gasteiger partial charge in [0, 0.05) is 19.3 Å². The summed E-state index contributed by atoms with van der Waals surface area (Å²) < 4.78 is 16.7. The number of ether oxygens (including phenoxy) is 3. The maximum Gasteiger partial charge on any atom is 0.306 e. The number of rotatable bonds is 41. The number of unbranched alkanes of at least 4 members (excludes halogenated alkanes) is 23. The third-order valence-electron chi connectivity index (χ3n) is 11.0. The number of carbonyl (C=O) groups is 3. The molecule has 320 valence electrons. The van der Waals surface area contributed by atoms with Crippen molar-refractivity contribution in [3.63, 3.8) is 0 Å². The molecule has 0 spiro atoms. The zero-order valence-electron chi connectivity index (χ0n) is 37.0. The first-order chi connectivity index (χ1) is 26.1. The molecule has 0 fully saturated rings. The van der Waals surface area contributed by atoms with Gasteiger partial charge in [0.15, 0.2) is 6.10 Å². The SMILES string of the molecule is CCC(C)CCCCCCCCCCC(=O)OC[C@@H](COC(=O)CCCCCCCCCCCCCCC(C)C)OC(=O)CCCCCCCCC(C)C. The normalized spacial score (nSPS) is 12.7. The topological polar surface area (TPSA) is 78.9 Å². The molecule has 2 atom stereocenters. The van der Waals surface area contributed by atoms with Gasteiger partial charge in [-0.25, -0.2) is 0 Å². The Kier molecular flexibility index (Phi) is 38.5. The quantitative estimate of drug-likeness (QED) is 0.0350. The molecule has 0 aromatic heterocycles. The van der Waals surface area contributed by atoms with Gasteiger partial charge in [-0.05, 0) is 37.0 Å². The van der Waals surface area contributed by atoms with Crippen LogP contribution in [0.4, 0.5) is 0 Å². The minimum Gasteiger partial charge on any atom is -0.462 e. The van der Waals surface area contributed by atoms with Gasteiger partial charge < -0.3 is 14.2 Å². The number of esters is 3. The summed E-state index contributed by atoms with van der Waals surface area (Å²) in [6, 6.07) is 0. The summed E-state index contributed by atoms with van der Waals surface area (Å²) in [4.78, 5) is 37.7. The molecule has 6 heteroatoms. The van der Waals surface area contributed by atoms with Crippen molar-refractivity contribution in [1.82, 2.24) is 0 Å². The maximum absolute atomic E-state index is 12.7. The first-order valence-electron chi connectivity index (χ1n) is 23.6. The lowest BCUT2D eigenvalue weighted by atomic mass is 9.99. The van der Waals surface area contributed by atoms with Gasteiger partial charge in [0.25, 0.3) is 0 Å². The van der Waals surface area contributed by atoms with Crippen LogP contribution in [0.1, 0.15) is 253 Å². The summed E-state index contributed by atoms with van der Waals surface area (Å²) in [6.45, 7) is 13.6. The molecular weight excluding hydrogens is 673 g/mol. The fourth-order valence-corrected chi connectivity index (χ4v) is 7.02. The average Bonchev–Trinajstić information content (AvgIpc) is 3.14. The highest BCUT2D eigenvalue weighted by Gasteiger charge is 2.19. The lowest BCUT2D eigenvalue weighted by Gasteiger charge is -2.18. The van der Waals surface area contributed by atoms with Crippen LogP contribution in [0.3, 0.4) is 0 Å². The molecule has 0 bridgehead atoms. The minimum absolute atomic E-state index is 0.0667. The van der Waals surface area contributed by atoms with Gasteiger partial charge in [0.1, 0.15) is 13.2 Å². The van der Waals surface area contributed by atoms with E-state index in [0.29, 0.717) is 19.3 Å². The van der Waals surface area contributed by atoms with Crippen LogP contribution in [-0.4, -0.2) is 37.2 Å². The van der Waals surface area contributed by atoms with E-state index in [-0.39, 0.29) is 31.1 Å². The van der Waals surface area contributed by atoms with Crippen molar-refractivity contribution in [3.8, 4) is 0 Å².